The minimum absolute atomic E-state index is 0.136. The van der Waals surface area contributed by atoms with E-state index in [1.54, 1.807) is 0 Å². The van der Waals surface area contributed by atoms with E-state index < -0.39 is 11.6 Å². The van der Waals surface area contributed by atoms with Crippen molar-refractivity contribution in [2.24, 2.45) is 0 Å². The standard InChI is InChI=1S/C14H18FNO5/c1-14(20,13(18)19)9-16-12(17)3-2-8-21-11-6-4-10(15)5-7-11/h4-7,20H,2-3,8-9H2,1H3,(H,16,17)(H,18,19). The highest BCUT2D eigenvalue weighted by Crippen LogP contribution is 2.11. The number of aliphatic carboxylic acids is 1. The molecule has 1 aromatic carbocycles. The fourth-order valence-electron chi connectivity index (χ4n) is 1.39. The molecular weight excluding hydrogens is 281 g/mol. The van der Waals surface area contributed by atoms with Gasteiger partial charge in [0.2, 0.25) is 5.91 Å². The number of benzene rings is 1. The number of amides is 1. The molecule has 0 spiro atoms. The number of nitrogens with one attached hydrogen (secondary N) is 1. The first-order valence-electron chi connectivity index (χ1n) is 6.42. The normalized spacial score (nSPS) is 13.3. The van der Waals surface area contributed by atoms with Gasteiger partial charge in [0.15, 0.2) is 5.60 Å². The summed E-state index contributed by atoms with van der Waals surface area (Å²) >= 11 is 0. The first kappa shape index (κ1) is 16.9. The van der Waals surface area contributed by atoms with Crippen LogP contribution in [0.15, 0.2) is 24.3 Å². The quantitative estimate of drug-likeness (QED) is 0.621. The lowest BCUT2D eigenvalue weighted by atomic mass is 10.1. The maximum atomic E-state index is 12.6. The van der Waals surface area contributed by atoms with Gasteiger partial charge in [-0.25, -0.2) is 9.18 Å². The third-order valence-electron chi connectivity index (χ3n) is 2.72. The Morgan fingerprint density at radius 2 is 1.95 bits per heavy atom. The summed E-state index contributed by atoms with van der Waals surface area (Å²) in [6.45, 7) is 1.02. The van der Waals surface area contributed by atoms with Crippen molar-refractivity contribution in [3.05, 3.63) is 30.1 Å². The predicted molar refractivity (Wildman–Crippen MR) is 72.4 cm³/mol. The Balaban J connectivity index is 2.19. The highest BCUT2D eigenvalue weighted by atomic mass is 19.1. The van der Waals surface area contributed by atoms with Crippen molar-refractivity contribution < 1.29 is 28.9 Å². The maximum Gasteiger partial charge on any atom is 0.337 e. The summed E-state index contributed by atoms with van der Waals surface area (Å²) in [5.74, 6) is -1.63. The van der Waals surface area contributed by atoms with Gasteiger partial charge in [-0.15, -0.1) is 0 Å². The van der Waals surface area contributed by atoms with Gasteiger partial charge in [0, 0.05) is 6.42 Å². The van der Waals surface area contributed by atoms with E-state index in [9.17, 15) is 19.1 Å². The number of carboxylic acid groups (broad SMARTS) is 1. The molecule has 1 aromatic rings. The Morgan fingerprint density at radius 1 is 1.33 bits per heavy atom. The Kier molecular flexibility index (Phi) is 6.10. The number of rotatable bonds is 8. The largest absolute Gasteiger partial charge is 0.494 e. The molecular formula is C14H18FNO5. The number of hydrogen-bond acceptors (Lipinski definition) is 4. The minimum atomic E-state index is -1.99. The van der Waals surface area contributed by atoms with Crippen LogP contribution in [0, 0.1) is 5.82 Å². The van der Waals surface area contributed by atoms with Crippen LogP contribution < -0.4 is 10.1 Å². The second-order valence-electron chi connectivity index (χ2n) is 4.76. The van der Waals surface area contributed by atoms with E-state index in [-0.39, 0.29) is 31.3 Å². The SMILES string of the molecule is CC(O)(CNC(=O)CCCOc1ccc(F)cc1)C(=O)O. The molecule has 7 heteroatoms. The average Bonchev–Trinajstić information content (AvgIpc) is 2.43. The summed E-state index contributed by atoms with van der Waals surface area (Å²) < 4.78 is 18.0. The van der Waals surface area contributed by atoms with E-state index in [1.807, 2.05) is 0 Å². The topological polar surface area (TPSA) is 95.9 Å². The molecule has 0 aliphatic rings. The zero-order valence-electron chi connectivity index (χ0n) is 11.6. The number of halogens is 1. The second-order valence-corrected chi connectivity index (χ2v) is 4.76. The summed E-state index contributed by atoms with van der Waals surface area (Å²) in [6, 6.07) is 5.52. The number of carboxylic acids is 1. The molecule has 116 valence electrons. The first-order chi connectivity index (χ1) is 9.81. The van der Waals surface area contributed by atoms with Gasteiger partial charge < -0.3 is 20.3 Å². The second kappa shape index (κ2) is 7.58. The highest BCUT2D eigenvalue weighted by Gasteiger charge is 2.30. The molecule has 0 heterocycles. The Labute approximate surface area is 121 Å². The molecule has 3 N–H and O–H groups in total. The molecule has 0 bridgehead atoms. The van der Waals surface area contributed by atoms with Crippen molar-refractivity contribution in [3.8, 4) is 5.75 Å². The third kappa shape index (κ3) is 6.22. The van der Waals surface area contributed by atoms with Gasteiger partial charge in [0.1, 0.15) is 11.6 Å². The summed E-state index contributed by atoms with van der Waals surface area (Å²) in [5, 5.41) is 20.4. The van der Waals surface area contributed by atoms with Crippen LogP contribution in [0.2, 0.25) is 0 Å². The zero-order valence-corrected chi connectivity index (χ0v) is 11.6. The Bertz CT molecular complexity index is 487. The molecule has 0 radical (unpaired) electrons. The molecule has 6 nitrogen and oxygen atoms in total. The average molecular weight is 299 g/mol. The predicted octanol–water partition coefficient (Wildman–Crippen LogP) is 0.936. The summed E-state index contributed by atoms with van der Waals surface area (Å²) in [7, 11) is 0. The van der Waals surface area contributed by atoms with E-state index in [0.29, 0.717) is 12.2 Å². The van der Waals surface area contributed by atoms with Crippen LogP contribution in [0.25, 0.3) is 0 Å². The molecule has 1 atom stereocenters. The van der Waals surface area contributed by atoms with Crippen LogP contribution in [-0.4, -0.2) is 40.8 Å². The van der Waals surface area contributed by atoms with E-state index >= 15 is 0 Å². The van der Waals surface area contributed by atoms with Crippen molar-refractivity contribution >= 4 is 11.9 Å². The molecule has 0 saturated carbocycles. The van der Waals surface area contributed by atoms with Crippen LogP contribution in [-0.2, 0) is 9.59 Å². The van der Waals surface area contributed by atoms with Gasteiger partial charge in [0.25, 0.3) is 0 Å². The molecule has 21 heavy (non-hydrogen) atoms. The van der Waals surface area contributed by atoms with E-state index in [1.165, 1.54) is 24.3 Å². The van der Waals surface area contributed by atoms with Crippen molar-refractivity contribution in [2.45, 2.75) is 25.4 Å². The number of carbonyl (C=O) groups excluding carboxylic acids is 1. The molecule has 0 aliphatic carbocycles. The van der Waals surface area contributed by atoms with Crippen molar-refractivity contribution in [1.82, 2.24) is 5.32 Å². The lowest BCUT2D eigenvalue weighted by molar-refractivity contribution is -0.156. The van der Waals surface area contributed by atoms with Crippen LogP contribution in [0.3, 0.4) is 0 Å². The molecule has 0 fully saturated rings. The lowest BCUT2D eigenvalue weighted by Gasteiger charge is -2.18. The Morgan fingerprint density at radius 3 is 2.52 bits per heavy atom. The smallest absolute Gasteiger partial charge is 0.337 e. The summed E-state index contributed by atoms with van der Waals surface area (Å²) in [6.07, 6.45) is 0.551. The summed E-state index contributed by atoms with van der Waals surface area (Å²) in [4.78, 5) is 22.1. The number of ether oxygens (including phenoxy) is 1. The fourth-order valence-corrected chi connectivity index (χ4v) is 1.39. The van der Waals surface area contributed by atoms with E-state index in [2.05, 4.69) is 5.32 Å². The maximum absolute atomic E-state index is 12.6. The molecule has 0 aliphatic heterocycles. The molecule has 1 unspecified atom stereocenters. The first-order valence-corrected chi connectivity index (χ1v) is 6.42. The van der Waals surface area contributed by atoms with Crippen LogP contribution in [0.4, 0.5) is 4.39 Å². The van der Waals surface area contributed by atoms with Gasteiger partial charge in [-0.3, -0.25) is 4.79 Å². The van der Waals surface area contributed by atoms with Gasteiger partial charge in [-0.1, -0.05) is 0 Å². The lowest BCUT2D eigenvalue weighted by Crippen LogP contribution is -2.46. The van der Waals surface area contributed by atoms with Crippen LogP contribution in [0.5, 0.6) is 5.75 Å². The van der Waals surface area contributed by atoms with E-state index in [4.69, 9.17) is 9.84 Å². The fraction of sp³-hybridized carbons (Fsp3) is 0.429. The monoisotopic (exact) mass is 299 g/mol. The number of carbonyl (C=O) groups is 2. The van der Waals surface area contributed by atoms with Gasteiger partial charge in [-0.05, 0) is 37.6 Å². The van der Waals surface area contributed by atoms with Crippen molar-refractivity contribution in [3.63, 3.8) is 0 Å². The number of aliphatic hydroxyl groups is 1. The minimum Gasteiger partial charge on any atom is -0.494 e. The number of hydrogen-bond donors (Lipinski definition) is 3. The molecule has 0 saturated heterocycles. The van der Waals surface area contributed by atoms with Crippen LogP contribution >= 0.6 is 0 Å². The highest BCUT2D eigenvalue weighted by molar-refractivity contribution is 5.80. The van der Waals surface area contributed by atoms with Gasteiger partial charge >= 0.3 is 5.97 Å². The van der Waals surface area contributed by atoms with Crippen LogP contribution in [0.1, 0.15) is 19.8 Å². The van der Waals surface area contributed by atoms with Gasteiger partial charge in [0.05, 0.1) is 13.2 Å². The van der Waals surface area contributed by atoms with Crippen molar-refractivity contribution in [2.75, 3.05) is 13.2 Å². The van der Waals surface area contributed by atoms with Crippen molar-refractivity contribution in [1.29, 1.82) is 0 Å². The zero-order chi connectivity index (χ0) is 15.9. The van der Waals surface area contributed by atoms with Gasteiger partial charge in [-0.2, -0.15) is 0 Å². The van der Waals surface area contributed by atoms with E-state index in [0.717, 1.165) is 6.92 Å². The third-order valence-corrected chi connectivity index (χ3v) is 2.72. The molecule has 0 aromatic heterocycles. The molecule has 1 rings (SSSR count). The molecule has 1 amide bonds. The summed E-state index contributed by atoms with van der Waals surface area (Å²) in [5.41, 5.74) is -1.99. The Hall–Kier alpha value is -2.15.